The van der Waals surface area contributed by atoms with Crippen molar-refractivity contribution in [3.05, 3.63) is 0 Å². The summed E-state index contributed by atoms with van der Waals surface area (Å²) in [5.41, 5.74) is 16.9. The van der Waals surface area contributed by atoms with Crippen LogP contribution in [0.15, 0.2) is 15.0 Å². The lowest BCUT2D eigenvalue weighted by Gasteiger charge is -2.33. The fourth-order valence-electron chi connectivity index (χ4n) is 5.19. The van der Waals surface area contributed by atoms with E-state index < -0.39 is 0 Å². The predicted octanol–water partition coefficient (Wildman–Crippen LogP) is -1.27. The third kappa shape index (κ3) is 11.8. The molecule has 0 aromatic carbocycles. The minimum atomic E-state index is 0.406. The number of aliphatic imine (C=N–C) groups is 3. The van der Waals surface area contributed by atoms with E-state index in [-0.39, 0.29) is 0 Å². The van der Waals surface area contributed by atoms with Gasteiger partial charge in [-0.3, -0.25) is 29.7 Å². The maximum absolute atomic E-state index is 5.64. The van der Waals surface area contributed by atoms with E-state index in [1.807, 2.05) is 0 Å². The van der Waals surface area contributed by atoms with Crippen molar-refractivity contribution in [3.63, 3.8) is 0 Å². The van der Waals surface area contributed by atoms with Gasteiger partial charge in [0.25, 0.3) is 0 Å². The summed E-state index contributed by atoms with van der Waals surface area (Å²) < 4.78 is 5.28. The highest BCUT2D eigenvalue weighted by Gasteiger charge is 2.23. The number of ether oxygens (including phenoxy) is 1. The quantitative estimate of drug-likeness (QED) is 0.282. The Morgan fingerprint density at radius 3 is 1.45 bits per heavy atom. The Bertz CT molecular complexity index is 800. The normalized spacial score (nSPS) is 30.5. The molecule has 0 aromatic rings. The van der Waals surface area contributed by atoms with Crippen molar-refractivity contribution in [1.82, 2.24) is 24.9 Å². The largest absolute Gasteiger partial charge is 0.379 e. The van der Waals surface area contributed by atoms with Crippen LogP contribution in [-0.4, -0.2) is 176 Å². The van der Waals surface area contributed by atoms with Crippen LogP contribution in [0.3, 0.4) is 0 Å². The van der Waals surface area contributed by atoms with Gasteiger partial charge in [0.1, 0.15) is 0 Å². The van der Waals surface area contributed by atoms with Crippen LogP contribution in [0.4, 0.5) is 0 Å². The van der Waals surface area contributed by atoms with Crippen LogP contribution in [0, 0.1) is 0 Å². The Labute approximate surface area is 252 Å². The molecule has 0 amide bonds. The molecule has 12 nitrogen and oxygen atoms in total. The molecule has 3 atom stereocenters. The molecule has 6 aliphatic rings. The molecule has 15 heteroatoms. The molecule has 0 bridgehead atoms. The Hall–Kier alpha value is -0.780. The summed E-state index contributed by atoms with van der Waals surface area (Å²) in [7, 11) is 2.18. The summed E-state index contributed by atoms with van der Waals surface area (Å²) in [6.45, 7) is 16.2. The predicted molar refractivity (Wildman–Crippen MR) is 174 cm³/mol. The van der Waals surface area contributed by atoms with Gasteiger partial charge in [-0.25, -0.2) is 0 Å². The van der Waals surface area contributed by atoms with E-state index in [0.29, 0.717) is 18.1 Å². The molecule has 0 aliphatic carbocycles. The van der Waals surface area contributed by atoms with E-state index in [9.17, 15) is 0 Å². The molecule has 3 saturated heterocycles. The van der Waals surface area contributed by atoms with Gasteiger partial charge in [0.05, 0.1) is 31.3 Å². The van der Waals surface area contributed by atoms with Gasteiger partial charge >= 0.3 is 0 Å². The zero-order valence-corrected chi connectivity index (χ0v) is 26.4. The second-order valence-corrected chi connectivity index (χ2v) is 14.0. The SMILES string of the molecule is CN1CCN(CC2CSC(N)=N2)CC1.NC1=NC(CN2CCNCC2)CS1.NC1=NC(CN2CCOCC2)CS1. The molecular weight excluding hydrogens is 567 g/mol. The van der Waals surface area contributed by atoms with Gasteiger partial charge in [0.2, 0.25) is 0 Å². The Morgan fingerprint density at radius 2 is 1.05 bits per heavy atom. The summed E-state index contributed by atoms with van der Waals surface area (Å²) in [5, 5.41) is 5.62. The first-order valence-corrected chi connectivity index (χ1v) is 17.4. The van der Waals surface area contributed by atoms with Crippen molar-refractivity contribution < 1.29 is 4.74 Å². The number of piperazine rings is 2. The number of amidine groups is 3. The first-order valence-electron chi connectivity index (χ1n) is 14.4. The van der Waals surface area contributed by atoms with E-state index in [1.165, 1.54) is 26.2 Å². The smallest absolute Gasteiger partial charge is 0.154 e. The summed E-state index contributed by atoms with van der Waals surface area (Å²) >= 11 is 5.03. The van der Waals surface area contributed by atoms with Gasteiger partial charge in [0.15, 0.2) is 15.5 Å². The number of rotatable bonds is 6. The van der Waals surface area contributed by atoms with Crippen LogP contribution in [0.25, 0.3) is 0 Å². The average Bonchev–Trinajstić information content (AvgIpc) is 3.69. The van der Waals surface area contributed by atoms with Crippen molar-refractivity contribution in [2.24, 2.45) is 32.2 Å². The lowest BCUT2D eigenvalue weighted by Crippen LogP contribution is -2.46. The Kier molecular flexibility index (Phi) is 14.0. The minimum Gasteiger partial charge on any atom is -0.379 e. The van der Waals surface area contributed by atoms with E-state index in [1.54, 1.807) is 35.3 Å². The highest BCUT2D eigenvalue weighted by atomic mass is 32.2. The molecule has 0 saturated carbocycles. The van der Waals surface area contributed by atoms with Crippen LogP contribution < -0.4 is 22.5 Å². The second-order valence-electron chi connectivity index (χ2n) is 10.9. The maximum atomic E-state index is 5.64. The summed E-state index contributed by atoms with van der Waals surface area (Å²) in [6, 6.07) is 1.27. The average molecular weight is 616 g/mol. The molecule has 7 N–H and O–H groups in total. The fourth-order valence-corrected chi connectivity index (χ4v) is 7.49. The summed E-state index contributed by atoms with van der Waals surface area (Å²) in [4.78, 5) is 22.9. The Balaban J connectivity index is 0.000000139. The summed E-state index contributed by atoms with van der Waals surface area (Å²) in [5.74, 6) is 3.18. The van der Waals surface area contributed by atoms with Crippen LogP contribution >= 0.6 is 35.3 Å². The van der Waals surface area contributed by atoms with Crippen molar-refractivity contribution in [2.75, 3.05) is 123 Å². The van der Waals surface area contributed by atoms with Gasteiger partial charge < -0.3 is 32.2 Å². The van der Waals surface area contributed by atoms with E-state index >= 15 is 0 Å². The van der Waals surface area contributed by atoms with Crippen molar-refractivity contribution in [1.29, 1.82) is 0 Å². The maximum Gasteiger partial charge on any atom is 0.154 e. The minimum absolute atomic E-state index is 0.406. The Morgan fingerprint density at radius 1 is 0.650 bits per heavy atom. The molecule has 40 heavy (non-hydrogen) atoms. The monoisotopic (exact) mass is 615 g/mol. The number of nitrogens with two attached hydrogens (primary N) is 3. The highest BCUT2D eigenvalue weighted by molar-refractivity contribution is 8.14. The molecule has 0 aromatic heterocycles. The molecule has 228 valence electrons. The van der Waals surface area contributed by atoms with Gasteiger partial charge in [-0.05, 0) is 7.05 Å². The molecule has 0 radical (unpaired) electrons. The van der Waals surface area contributed by atoms with Gasteiger partial charge in [0, 0.05) is 102 Å². The number of nitrogens with zero attached hydrogens (tertiary/aromatic N) is 7. The third-order valence-electron chi connectivity index (χ3n) is 7.52. The molecule has 6 heterocycles. The molecule has 6 aliphatic heterocycles. The molecule has 3 fully saturated rings. The fraction of sp³-hybridized carbons (Fsp3) is 0.880. The zero-order chi connectivity index (χ0) is 28.2. The zero-order valence-electron chi connectivity index (χ0n) is 24.0. The number of hydrogen-bond donors (Lipinski definition) is 4. The lowest BCUT2D eigenvalue weighted by atomic mass is 10.2. The van der Waals surface area contributed by atoms with Gasteiger partial charge in [-0.1, -0.05) is 35.3 Å². The highest BCUT2D eigenvalue weighted by Crippen LogP contribution is 2.18. The lowest BCUT2D eigenvalue weighted by molar-refractivity contribution is 0.0364. The first kappa shape index (κ1) is 32.1. The van der Waals surface area contributed by atoms with Crippen LogP contribution in [0.2, 0.25) is 0 Å². The number of likely N-dealkylation sites (N-methyl/N-ethyl adjacent to an activating group) is 1. The van der Waals surface area contributed by atoms with Crippen molar-refractivity contribution in [3.8, 4) is 0 Å². The van der Waals surface area contributed by atoms with E-state index in [2.05, 4.69) is 46.9 Å². The first-order chi connectivity index (χ1) is 19.4. The van der Waals surface area contributed by atoms with Crippen molar-refractivity contribution >= 4 is 50.8 Å². The molecular formula is C25H49N11OS3. The number of nitrogens with one attached hydrogen (secondary N) is 1. The second kappa shape index (κ2) is 17.4. The third-order valence-corrected chi connectivity index (χ3v) is 10.4. The van der Waals surface area contributed by atoms with Gasteiger partial charge in [-0.2, -0.15) is 0 Å². The van der Waals surface area contributed by atoms with Gasteiger partial charge in [-0.15, -0.1) is 0 Å². The number of morpholine rings is 1. The molecule has 6 rings (SSSR count). The van der Waals surface area contributed by atoms with E-state index in [0.717, 1.165) is 105 Å². The van der Waals surface area contributed by atoms with E-state index in [4.69, 9.17) is 21.9 Å². The van der Waals surface area contributed by atoms with Crippen LogP contribution in [0.1, 0.15) is 0 Å². The molecule has 3 unspecified atom stereocenters. The number of thioether (sulfide) groups is 3. The molecule has 0 spiro atoms. The van der Waals surface area contributed by atoms with Crippen molar-refractivity contribution in [2.45, 2.75) is 18.1 Å². The summed E-state index contributed by atoms with van der Waals surface area (Å²) in [6.07, 6.45) is 0. The number of hydrogen-bond acceptors (Lipinski definition) is 15. The topological polar surface area (TPSA) is 149 Å². The van der Waals surface area contributed by atoms with Crippen LogP contribution in [-0.2, 0) is 4.74 Å². The van der Waals surface area contributed by atoms with Crippen LogP contribution in [0.5, 0.6) is 0 Å². The standard InChI is InChI=1S/C9H18N4S.C8H16N4S.C8H15N3OS/c1-12-2-4-13(5-3-12)6-8-7-14-9(10)11-8;9-8-11-7(6-13-8)5-12-3-1-10-2-4-12;9-8-10-7(6-13-8)5-11-1-3-12-4-2-11/h8H,2-7H2,1H3,(H2,10,11);7,10H,1-6H2,(H2,9,11);7H,1-6H2,(H2,9,10).